The second-order valence-corrected chi connectivity index (χ2v) is 9.20. The highest BCUT2D eigenvalue weighted by Gasteiger charge is 2.44. The molecule has 14 heteroatoms. The van der Waals surface area contributed by atoms with E-state index in [2.05, 4.69) is 0 Å². The molecule has 3 aromatic carbocycles. The van der Waals surface area contributed by atoms with E-state index in [9.17, 15) is 44.3 Å². The molecule has 0 bridgehead atoms. The number of hydrogen-bond donors (Lipinski definition) is 0. The van der Waals surface area contributed by atoms with Gasteiger partial charge in [0.05, 0.1) is 39.1 Å². The fraction of sp³-hybridized carbons (Fsp3) is 0.367. The molecule has 1 aliphatic heterocycles. The van der Waals surface area contributed by atoms with Crippen LogP contribution in [0.2, 0.25) is 0 Å². The zero-order valence-corrected chi connectivity index (χ0v) is 21.7. The molecular weight excluding hydrogens is 612 g/mol. The van der Waals surface area contributed by atoms with Crippen LogP contribution in [0.25, 0.3) is 11.1 Å². The van der Waals surface area contributed by atoms with E-state index in [0.717, 1.165) is 7.11 Å². The van der Waals surface area contributed by atoms with Gasteiger partial charge in [0.1, 0.15) is 17.7 Å². The van der Waals surface area contributed by atoms with Gasteiger partial charge in [0, 0.05) is 24.8 Å². The molecule has 44 heavy (non-hydrogen) atoms. The molecule has 4 rings (SSSR count). The number of carbonyl (C=O) groups is 1. The lowest BCUT2D eigenvalue weighted by Crippen LogP contribution is -2.32. The fourth-order valence-electron chi connectivity index (χ4n) is 4.39. The number of hydrogen-bond acceptors (Lipinski definition) is 3. The molecule has 1 saturated heterocycles. The zero-order chi connectivity index (χ0) is 43.2. The maximum absolute atomic E-state index is 15.9. The molecule has 0 unspecified atom stereocenters. The first-order valence-electron chi connectivity index (χ1n) is 17.9. The van der Waals surface area contributed by atoms with Gasteiger partial charge in [-0.1, -0.05) is 19.8 Å². The maximum Gasteiger partial charge on any atom is 0.416 e. The molecule has 0 spiro atoms. The normalized spacial score (nSPS) is 23.2. The molecule has 0 saturated carbocycles. The van der Waals surface area contributed by atoms with Gasteiger partial charge in [0.15, 0.2) is 0 Å². The second-order valence-electron chi connectivity index (χ2n) is 9.20. The molecule has 1 heterocycles. The monoisotopic (exact) mass is 649 g/mol. The lowest BCUT2D eigenvalue weighted by atomic mass is 9.88. The summed E-state index contributed by atoms with van der Waals surface area (Å²) in [6.45, 7) is -15.9. The van der Waals surface area contributed by atoms with Gasteiger partial charge in [-0.05, 0) is 71.9 Å². The molecule has 0 radical (unpaired) electrons. The number of methoxy groups -OCH3 is 1. The Balaban J connectivity index is 2.15. The summed E-state index contributed by atoms with van der Waals surface area (Å²) in [7, 11) is 0.812. The Morgan fingerprint density at radius 1 is 0.932 bits per heavy atom. The number of amides is 1. The Labute approximate surface area is 262 Å². The highest BCUT2D eigenvalue weighted by atomic mass is 19.4. The van der Waals surface area contributed by atoms with Crippen molar-refractivity contribution >= 4 is 6.09 Å². The van der Waals surface area contributed by atoms with Crippen LogP contribution in [0.15, 0.2) is 48.5 Å². The summed E-state index contributed by atoms with van der Waals surface area (Å²) in [4.78, 5) is 13.0. The average Bonchev–Trinajstić information content (AvgIpc) is 3.40. The molecule has 2 atom stereocenters. The minimum atomic E-state index is -5.52. The van der Waals surface area contributed by atoms with Gasteiger partial charge >= 0.3 is 24.6 Å². The number of ether oxygens (including phenoxy) is 2. The minimum absolute atomic E-state index is 0.0257. The van der Waals surface area contributed by atoms with E-state index in [1.165, 1.54) is 0 Å². The third kappa shape index (κ3) is 6.43. The Kier molecular flexibility index (Phi) is 5.27. The van der Waals surface area contributed by atoms with Gasteiger partial charge < -0.3 is 9.47 Å². The Morgan fingerprint density at radius 3 is 2.07 bits per heavy atom. The van der Waals surface area contributed by atoms with Crippen LogP contribution in [-0.2, 0) is 29.8 Å². The Bertz CT molecular complexity index is 1960. The third-order valence-electron chi connectivity index (χ3n) is 6.37. The molecule has 1 amide bonds. The van der Waals surface area contributed by atoms with Gasteiger partial charge in [-0.15, -0.1) is 0 Å². The average molecular weight is 650 g/mol. The van der Waals surface area contributed by atoms with E-state index >= 15 is 4.39 Å². The summed E-state index contributed by atoms with van der Waals surface area (Å²) in [6.07, 6.45) is -21.3. The van der Waals surface area contributed by atoms with Crippen LogP contribution in [0, 0.1) is 5.82 Å². The molecule has 3 aromatic rings. The largest absolute Gasteiger partial charge is 0.496 e. The van der Waals surface area contributed by atoms with Crippen LogP contribution in [0.5, 0.6) is 5.75 Å². The van der Waals surface area contributed by atoms with Crippen molar-refractivity contribution in [1.82, 2.24) is 4.90 Å². The number of carbonyl (C=O) groups excluding carboxylic acids is 1. The second kappa shape index (κ2) is 11.5. The molecule has 1 aliphatic rings. The van der Waals surface area contributed by atoms with Crippen LogP contribution in [0.4, 0.5) is 48.7 Å². The maximum atomic E-state index is 15.9. The molecule has 1 fully saturated rings. The predicted octanol–water partition coefficient (Wildman–Crippen LogP) is 9.76. The SMILES string of the molecule is [2H]C([2H])([2H])[C@H]1[C@@H](c2cc(C(F)(F)F)cc(C(F)(F)F)c2)OC(=O)N1C([2H])([2H])c1cc(C(F)(F)F)ccc1-c1c(OC)ccc(F)c1C([2H])(C([2H])([2H])[2H])C([2H])([2H])[2H]. The number of cyclic esters (lactones) is 1. The zero-order valence-electron chi connectivity index (χ0n) is 33.7. The lowest BCUT2D eigenvalue weighted by Gasteiger charge is -2.25. The summed E-state index contributed by atoms with van der Waals surface area (Å²) < 4.78 is 249. The number of rotatable bonds is 6. The van der Waals surface area contributed by atoms with Crippen molar-refractivity contribution in [3.63, 3.8) is 0 Å². The molecule has 4 nitrogen and oxygen atoms in total. The summed E-state index contributed by atoms with van der Waals surface area (Å²) in [5.74, 6) is -6.60. The number of benzene rings is 3. The van der Waals surface area contributed by atoms with Crippen LogP contribution < -0.4 is 4.74 Å². The van der Waals surface area contributed by atoms with Crippen molar-refractivity contribution in [2.45, 2.75) is 63.6 Å². The number of alkyl halides is 9. The molecule has 238 valence electrons. The fourth-order valence-corrected chi connectivity index (χ4v) is 4.39. The lowest BCUT2D eigenvalue weighted by molar-refractivity contribution is -0.143. The summed E-state index contributed by atoms with van der Waals surface area (Å²) in [5, 5.41) is 0. The van der Waals surface area contributed by atoms with Crippen molar-refractivity contribution in [1.29, 1.82) is 0 Å². The van der Waals surface area contributed by atoms with Gasteiger partial charge in [-0.25, -0.2) is 9.18 Å². The van der Waals surface area contributed by atoms with Gasteiger partial charge in [0.25, 0.3) is 0 Å². The van der Waals surface area contributed by atoms with Crippen molar-refractivity contribution in [3.05, 3.63) is 87.7 Å². The van der Waals surface area contributed by atoms with E-state index in [0.29, 0.717) is 18.2 Å². The standard InChI is InChI=1S/C30H25F10NO3/c1-14(2)24-22(31)7-8-23(43-4)25(24)21-6-5-18(28(32,33)34)11-17(21)13-41-15(3)26(44-27(41)42)16-9-19(29(35,36)37)12-20(10-16)30(38,39)40/h5-12,14-15,26H,13H2,1-4H3/t15-,26-/m0/s1/i1D3,2D3,3D3,13D2,14D. The van der Waals surface area contributed by atoms with E-state index < -0.39 is 131 Å². The van der Waals surface area contributed by atoms with Gasteiger partial charge in [-0.2, -0.15) is 39.5 Å². The van der Waals surface area contributed by atoms with Crippen molar-refractivity contribution in [2.75, 3.05) is 7.11 Å². The highest BCUT2D eigenvalue weighted by molar-refractivity contribution is 5.79. The van der Waals surface area contributed by atoms with Gasteiger partial charge in [-0.3, -0.25) is 4.90 Å². The van der Waals surface area contributed by atoms with Gasteiger partial charge in [0.2, 0.25) is 0 Å². The predicted molar refractivity (Wildman–Crippen MR) is 138 cm³/mol. The Morgan fingerprint density at radius 2 is 1.55 bits per heavy atom. The molecule has 0 N–H and O–H groups in total. The van der Waals surface area contributed by atoms with Crippen LogP contribution in [0.3, 0.4) is 0 Å². The summed E-state index contributed by atoms with van der Waals surface area (Å²) >= 11 is 0. The number of halogens is 10. The first-order chi connectivity index (χ1) is 25.0. The van der Waals surface area contributed by atoms with Crippen LogP contribution in [0.1, 0.15) is 82.4 Å². The van der Waals surface area contributed by atoms with E-state index in [4.69, 9.17) is 25.9 Å². The highest BCUT2D eigenvalue weighted by Crippen LogP contribution is 2.45. The summed E-state index contributed by atoms with van der Waals surface area (Å²) in [5.41, 5.74) is -12.5. The minimum Gasteiger partial charge on any atom is -0.496 e. The number of nitrogens with zero attached hydrogens (tertiary/aromatic N) is 1. The first-order valence-corrected chi connectivity index (χ1v) is 11.9. The third-order valence-corrected chi connectivity index (χ3v) is 6.37. The summed E-state index contributed by atoms with van der Waals surface area (Å²) in [6, 6.07) is -1.78. The molecule has 0 aliphatic carbocycles. The quantitative estimate of drug-likeness (QED) is 0.250. The molecule has 0 aromatic heterocycles. The Hall–Kier alpha value is -3.97. The van der Waals surface area contributed by atoms with E-state index in [1.807, 2.05) is 0 Å². The smallest absolute Gasteiger partial charge is 0.416 e. The van der Waals surface area contributed by atoms with Crippen molar-refractivity contribution in [2.24, 2.45) is 0 Å². The van der Waals surface area contributed by atoms with Crippen molar-refractivity contribution < 1.29 is 74.6 Å². The topological polar surface area (TPSA) is 38.8 Å². The van der Waals surface area contributed by atoms with Crippen LogP contribution in [-0.4, -0.2) is 24.1 Å². The van der Waals surface area contributed by atoms with Crippen molar-refractivity contribution in [3.8, 4) is 16.9 Å². The molecular formula is C30H25F10NO3. The van der Waals surface area contributed by atoms with E-state index in [1.54, 1.807) is 0 Å². The first kappa shape index (κ1) is 20.1. The van der Waals surface area contributed by atoms with E-state index in [-0.39, 0.29) is 30.3 Å². The van der Waals surface area contributed by atoms with Crippen LogP contribution >= 0.6 is 0 Å².